The molecule has 22 heavy (non-hydrogen) atoms. The van der Waals surface area contributed by atoms with E-state index in [-0.39, 0.29) is 5.78 Å². The van der Waals surface area contributed by atoms with Crippen LogP contribution in [-0.2, 0) is 0 Å². The van der Waals surface area contributed by atoms with Crippen LogP contribution < -0.4 is 5.73 Å². The topological polar surface area (TPSA) is 84.7 Å². The molecule has 1 aromatic carbocycles. The predicted octanol–water partition coefficient (Wildman–Crippen LogP) is 2.53. The van der Waals surface area contributed by atoms with Gasteiger partial charge in [-0.25, -0.2) is 9.97 Å². The Morgan fingerprint density at radius 2 is 2.18 bits per heavy atom. The first-order valence-electron chi connectivity index (χ1n) is 6.92. The van der Waals surface area contributed by atoms with Gasteiger partial charge in [-0.05, 0) is 12.1 Å². The van der Waals surface area contributed by atoms with E-state index in [2.05, 4.69) is 26.8 Å². The molecule has 0 saturated carbocycles. The van der Waals surface area contributed by atoms with Crippen molar-refractivity contribution in [3.05, 3.63) is 53.5 Å². The highest BCUT2D eigenvalue weighted by Gasteiger charge is 2.07. The van der Waals surface area contributed by atoms with Gasteiger partial charge in [-0.3, -0.25) is 4.79 Å². The minimum Gasteiger partial charge on any atom is -0.383 e. The Hall–Kier alpha value is -3.13. The van der Waals surface area contributed by atoms with Crippen molar-refractivity contribution >= 4 is 22.6 Å². The number of aromatic amines is 1. The van der Waals surface area contributed by atoms with E-state index >= 15 is 0 Å². The van der Waals surface area contributed by atoms with Gasteiger partial charge in [-0.1, -0.05) is 30.9 Å². The van der Waals surface area contributed by atoms with Gasteiger partial charge in [0.25, 0.3) is 0 Å². The summed E-state index contributed by atoms with van der Waals surface area (Å²) in [6, 6.07) is 7.30. The molecule has 0 fully saturated rings. The van der Waals surface area contributed by atoms with Crippen LogP contribution in [0.25, 0.3) is 11.0 Å². The smallest absolute Gasteiger partial charge is 0.162 e. The maximum atomic E-state index is 11.7. The normalized spacial score (nSPS) is 10.2. The molecule has 3 N–H and O–H groups in total. The van der Waals surface area contributed by atoms with E-state index < -0.39 is 0 Å². The molecule has 0 aliphatic rings. The Bertz CT molecular complexity index is 915. The summed E-state index contributed by atoms with van der Waals surface area (Å²) in [5.74, 6) is 6.61. The first-order chi connectivity index (χ1) is 10.7. The van der Waals surface area contributed by atoms with Crippen molar-refractivity contribution in [1.29, 1.82) is 0 Å². The fraction of sp³-hybridized carbons (Fsp3) is 0.118. The van der Waals surface area contributed by atoms with Crippen LogP contribution in [0.1, 0.15) is 34.8 Å². The number of carbonyl (C=O) groups is 1. The highest BCUT2D eigenvalue weighted by molar-refractivity contribution is 5.96. The zero-order valence-electron chi connectivity index (χ0n) is 12.1. The summed E-state index contributed by atoms with van der Waals surface area (Å²) in [5.41, 5.74) is 8.72. The third-order valence-electron chi connectivity index (χ3n) is 3.35. The molecule has 108 valence electrons. The highest BCUT2D eigenvalue weighted by Crippen LogP contribution is 2.19. The lowest BCUT2D eigenvalue weighted by atomic mass is 10.1. The number of fused-ring (bicyclic) bond motifs is 1. The largest absolute Gasteiger partial charge is 0.383 e. The zero-order valence-corrected chi connectivity index (χ0v) is 12.1. The van der Waals surface area contributed by atoms with Crippen molar-refractivity contribution in [2.45, 2.75) is 13.3 Å². The van der Waals surface area contributed by atoms with Crippen molar-refractivity contribution in [3.63, 3.8) is 0 Å². The lowest BCUT2D eigenvalue weighted by Crippen LogP contribution is -1.96. The van der Waals surface area contributed by atoms with Crippen LogP contribution in [0.15, 0.2) is 36.8 Å². The Balaban J connectivity index is 2.00. The van der Waals surface area contributed by atoms with Crippen LogP contribution in [0, 0.1) is 11.8 Å². The third-order valence-corrected chi connectivity index (χ3v) is 3.35. The maximum Gasteiger partial charge on any atom is 0.162 e. The van der Waals surface area contributed by atoms with E-state index in [1.807, 2.05) is 19.1 Å². The average molecular weight is 290 g/mol. The van der Waals surface area contributed by atoms with Gasteiger partial charge in [0, 0.05) is 23.7 Å². The van der Waals surface area contributed by atoms with Gasteiger partial charge in [0.2, 0.25) is 0 Å². The molecule has 5 heteroatoms. The molecule has 0 radical (unpaired) electrons. The van der Waals surface area contributed by atoms with E-state index in [1.165, 1.54) is 6.33 Å². The monoisotopic (exact) mass is 290 g/mol. The van der Waals surface area contributed by atoms with E-state index in [1.54, 1.807) is 18.3 Å². The molecule has 0 unspecified atom stereocenters. The van der Waals surface area contributed by atoms with E-state index in [0.717, 1.165) is 16.5 Å². The molecule has 0 bridgehead atoms. The first-order valence-corrected chi connectivity index (χ1v) is 6.92. The molecule has 2 aromatic heterocycles. The maximum absolute atomic E-state index is 11.7. The average Bonchev–Trinajstić information content (AvgIpc) is 2.97. The number of rotatable bonds is 2. The molecule has 5 nitrogen and oxygen atoms in total. The summed E-state index contributed by atoms with van der Waals surface area (Å²) < 4.78 is 0. The Labute approximate surface area is 127 Å². The second-order valence-corrected chi connectivity index (χ2v) is 4.79. The van der Waals surface area contributed by atoms with Gasteiger partial charge < -0.3 is 10.7 Å². The lowest BCUT2D eigenvalue weighted by Gasteiger charge is -1.98. The molecule has 3 aromatic rings. The van der Waals surface area contributed by atoms with E-state index in [0.29, 0.717) is 23.4 Å². The molecule has 0 amide bonds. The van der Waals surface area contributed by atoms with Crippen LogP contribution in [-0.4, -0.2) is 20.7 Å². The SMILES string of the molecule is CCC(=O)c1cccc(C#Cc2c[nH]c3ncnc(N)c23)c1. The molecule has 0 atom stereocenters. The second-order valence-electron chi connectivity index (χ2n) is 4.79. The van der Waals surface area contributed by atoms with Crippen molar-refractivity contribution in [1.82, 2.24) is 15.0 Å². The molecule has 0 saturated heterocycles. The number of carbonyl (C=O) groups excluding carboxylic acids is 1. The van der Waals surface area contributed by atoms with Gasteiger partial charge in [0.05, 0.1) is 10.9 Å². The Morgan fingerprint density at radius 3 is 3.00 bits per heavy atom. The molecule has 0 aliphatic heterocycles. The van der Waals surface area contributed by atoms with Crippen LogP contribution in [0.5, 0.6) is 0 Å². The van der Waals surface area contributed by atoms with Gasteiger partial charge in [-0.2, -0.15) is 0 Å². The third kappa shape index (κ3) is 2.54. The van der Waals surface area contributed by atoms with E-state index in [9.17, 15) is 4.79 Å². The van der Waals surface area contributed by atoms with Gasteiger partial charge in [0.15, 0.2) is 5.78 Å². The molecular weight excluding hydrogens is 276 g/mol. The lowest BCUT2D eigenvalue weighted by molar-refractivity contribution is 0.0988. The molecular formula is C17H14N4O. The quantitative estimate of drug-likeness (QED) is 0.561. The van der Waals surface area contributed by atoms with Crippen molar-refractivity contribution in [3.8, 4) is 11.8 Å². The fourth-order valence-corrected chi connectivity index (χ4v) is 2.20. The number of aromatic nitrogens is 3. The first kappa shape index (κ1) is 13.8. The summed E-state index contributed by atoms with van der Waals surface area (Å²) in [4.78, 5) is 22.8. The number of H-pyrrole nitrogens is 1. The number of nitrogen functional groups attached to an aromatic ring is 1. The second kappa shape index (κ2) is 5.70. The summed E-state index contributed by atoms with van der Waals surface area (Å²) in [6.45, 7) is 1.84. The number of nitrogens with one attached hydrogen (secondary N) is 1. The van der Waals surface area contributed by atoms with Crippen molar-refractivity contribution in [2.75, 3.05) is 5.73 Å². The summed E-state index contributed by atoms with van der Waals surface area (Å²) in [5, 5.41) is 0.718. The minimum atomic E-state index is 0.105. The van der Waals surface area contributed by atoms with Crippen LogP contribution in [0.4, 0.5) is 5.82 Å². The summed E-state index contributed by atoms with van der Waals surface area (Å²) in [6.07, 6.45) is 3.64. The van der Waals surface area contributed by atoms with Crippen LogP contribution in [0.2, 0.25) is 0 Å². The van der Waals surface area contributed by atoms with Crippen molar-refractivity contribution < 1.29 is 4.79 Å². The number of hydrogen-bond donors (Lipinski definition) is 2. The highest BCUT2D eigenvalue weighted by atomic mass is 16.1. The van der Waals surface area contributed by atoms with Crippen LogP contribution in [0.3, 0.4) is 0 Å². The summed E-state index contributed by atoms with van der Waals surface area (Å²) in [7, 11) is 0. The number of anilines is 1. The van der Waals surface area contributed by atoms with E-state index in [4.69, 9.17) is 5.73 Å². The van der Waals surface area contributed by atoms with Crippen molar-refractivity contribution in [2.24, 2.45) is 0 Å². The molecule has 2 heterocycles. The standard InChI is InChI=1S/C17H14N4O/c1-2-14(22)12-5-3-4-11(8-12)6-7-13-9-19-17-15(13)16(18)20-10-21-17/h3-5,8-10H,2H2,1H3,(H3,18,19,20,21). The minimum absolute atomic E-state index is 0.105. The number of nitrogens with zero attached hydrogens (tertiary/aromatic N) is 2. The van der Waals surface area contributed by atoms with Crippen LogP contribution >= 0.6 is 0 Å². The molecule has 3 rings (SSSR count). The summed E-state index contributed by atoms with van der Waals surface area (Å²) >= 11 is 0. The number of ketones is 1. The number of hydrogen-bond acceptors (Lipinski definition) is 4. The molecule has 0 spiro atoms. The van der Waals surface area contributed by atoms with Gasteiger partial charge in [0.1, 0.15) is 17.8 Å². The number of benzene rings is 1. The van der Waals surface area contributed by atoms with Gasteiger partial charge >= 0.3 is 0 Å². The molecule has 0 aliphatic carbocycles. The Morgan fingerprint density at radius 1 is 1.32 bits per heavy atom. The Kier molecular flexibility index (Phi) is 3.58. The number of Topliss-reactive ketones (excluding diaryl/α,β-unsaturated/α-hetero) is 1. The van der Waals surface area contributed by atoms with Gasteiger partial charge in [-0.15, -0.1) is 0 Å². The number of nitrogens with two attached hydrogens (primary N) is 1. The fourth-order valence-electron chi connectivity index (χ4n) is 2.20. The zero-order chi connectivity index (χ0) is 15.5. The predicted molar refractivity (Wildman–Crippen MR) is 85.3 cm³/mol.